The minimum absolute atomic E-state index is 0.0679. The minimum atomic E-state index is -0.659. The summed E-state index contributed by atoms with van der Waals surface area (Å²) in [6, 6.07) is 1.20. The first-order valence-electron chi connectivity index (χ1n) is 5.24. The van der Waals surface area contributed by atoms with Crippen LogP contribution < -0.4 is 11.1 Å². The van der Waals surface area contributed by atoms with Gasteiger partial charge in [-0.15, -0.1) is 0 Å². The lowest BCUT2D eigenvalue weighted by Gasteiger charge is -2.10. The molecular formula is C10H15N5O3. The minimum Gasteiger partial charge on any atom is -0.384 e. The summed E-state index contributed by atoms with van der Waals surface area (Å²) in [6.07, 6.45) is 0.982. The first-order valence-corrected chi connectivity index (χ1v) is 5.24. The van der Waals surface area contributed by atoms with Crippen LogP contribution in [0.2, 0.25) is 0 Å². The van der Waals surface area contributed by atoms with Crippen molar-refractivity contribution in [3.8, 4) is 0 Å². The van der Waals surface area contributed by atoms with Crippen molar-refractivity contribution in [1.29, 1.82) is 0 Å². The zero-order valence-electron chi connectivity index (χ0n) is 10.2. The number of hydrogen-bond donors (Lipinski definition) is 2. The third-order valence-corrected chi connectivity index (χ3v) is 2.19. The molecule has 0 unspecified atom stereocenters. The van der Waals surface area contributed by atoms with Gasteiger partial charge >= 0.3 is 0 Å². The molecule has 98 valence electrons. The van der Waals surface area contributed by atoms with Crippen molar-refractivity contribution in [1.82, 2.24) is 15.2 Å². The van der Waals surface area contributed by atoms with Crippen LogP contribution in [0.15, 0.2) is 12.3 Å². The second-order valence-corrected chi connectivity index (χ2v) is 3.94. The molecule has 0 fully saturated rings. The maximum absolute atomic E-state index is 11.8. The Kier molecular flexibility index (Phi) is 4.55. The first-order chi connectivity index (χ1) is 8.41. The number of carbonyl (C=O) groups excluding carboxylic acids is 1. The molecule has 0 saturated carbocycles. The number of nitrogens with two attached hydrogens (primary N) is 1. The number of nitrogens with zero attached hydrogens (tertiary/aromatic N) is 3. The summed E-state index contributed by atoms with van der Waals surface area (Å²) >= 11 is 0. The lowest BCUT2D eigenvalue weighted by atomic mass is 10.2. The predicted molar refractivity (Wildman–Crippen MR) is 66.2 cm³/mol. The summed E-state index contributed by atoms with van der Waals surface area (Å²) < 4.78 is 0. The fourth-order valence-corrected chi connectivity index (χ4v) is 1.28. The van der Waals surface area contributed by atoms with Gasteiger partial charge in [0.25, 0.3) is 11.6 Å². The molecule has 1 aromatic rings. The van der Waals surface area contributed by atoms with Gasteiger partial charge in [0.1, 0.15) is 17.6 Å². The molecule has 0 aliphatic rings. The van der Waals surface area contributed by atoms with E-state index in [2.05, 4.69) is 10.3 Å². The molecule has 18 heavy (non-hydrogen) atoms. The number of hydrogen-bond acceptors (Lipinski definition) is 6. The van der Waals surface area contributed by atoms with Crippen LogP contribution in [0.3, 0.4) is 0 Å². The van der Waals surface area contributed by atoms with Crippen LogP contribution >= 0.6 is 0 Å². The molecule has 8 nitrogen and oxygen atoms in total. The molecule has 0 bridgehead atoms. The van der Waals surface area contributed by atoms with Crippen molar-refractivity contribution >= 4 is 17.4 Å². The Hall–Kier alpha value is -2.22. The third-order valence-electron chi connectivity index (χ3n) is 2.19. The van der Waals surface area contributed by atoms with E-state index in [4.69, 9.17) is 5.73 Å². The Morgan fingerprint density at radius 1 is 1.61 bits per heavy atom. The molecule has 0 spiro atoms. The van der Waals surface area contributed by atoms with Gasteiger partial charge in [0, 0.05) is 13.1 Å². The van der Waals surface area contributed by atoms with Crippen LogP contribution in [0, 0.1) is 10.1 Å². The number of nitro groups is 1. The second kappa shape index (κ2) is 5.92. The molecule has 0 aliphatic heterocycles. The maximum Gasteiger partial charge on any atom is 0.300 e. The molecule has 0 aromatic carbocycles. The molecular weight excluding hydrogens is 238 g/mol. The fourth-order valence-electron chi connectivity index (χ4n) is 1.28. The van der Waals surface area contributed by atoms with Crippen molar-refractivity contribution in [3.63, 3.8) is 0 Å². The van der Waals surface area contributed by atoms with Crippen molar-refractivity contribution in [2.75, 3.05) is 32.9 Å². The fraction of sp³-hybridized carbons (Fsp3) is 0.400. The molecule has 1 aromatic heterocycles. The molecule has 1 amide bonds. The van der Waals surface area contributed by atoms with Gasteiger partial charge in [0.05, 0.1) is 4.92 Å². The highest BCUT2D eigenvalue weighted by molar-refractivity contribution is 5.98. The molecule has 1 heterocycles. The van der Waals surface area contributed by atoms with Crippen molar-refractivity contribution in [3.05, 3.63) is 27.9 Å². The van der Waals surface area contributed by atoms with Gasteiger partial charge in [-0.25, -0.2) is 4.98 Å². The lowest BCUT2D eigenvalue weighted by molar-refractivity contribution is -0.385. The van der Waals surface area contributed by atoms with Crippen LogP contribution in [0.1, 0.15) is 10.4 Å². The van der Waals surface area contributed by atoms with E-state index in [0.717, 1.165) is 6.20 Å². The largest absolute Gasteiger partial charge is 0.384 e. The Morgan fingerprint density at radius 2 is 2.28 bits per heavy atom. The molecule has 0 saturated heterocycles. The normalized spacial score (nSPS) is 10.4. The van der Waals surface area contributed by atoms with E-state index in [1.807, 2.05) is 19.0 Å². The zero-order chi connectivity index (χ0) is 13.7. The Bertz CT molecular complexity index is 461. The third kappa shape index (κ3) is 3.67. The highest BCUT2D eigenvalue weighted by atomic mass is 16.6. The van der Waals surface area contributed by atoms with Gasteiger partial charge < -0.3 is 16.0 Å². The summed E-state index contributed by atoms with van der Waals surface area (Å²) in [5.41, 5.74) is 4.99. The van der Waals surface area contributed by atoms with Crippen molar-refractivity contribution in [2.45, 2.75) is 0 Å². The standard InChI is InChI=1S/C10H15N5O3/c1-14(2)4-3-12-10(16)7-5-9(11)13-6-8(7)15(17)18/h5-6H,3-4H2,1-2H3,(H2,11,13)(H,12,16). The second-order valence-electron chi connectivity index (χ2n) is 3.94. The summed E-state index contributed by atoms with van der Waals surface area (Å²) in [7, 11) is 3.72. The average molecular weight is 253 g/mol. The van der Waals surface area contributed by atoms with Crippen LogP contribution in [0.4, 0.5) is 11.5 Å². The molecule has 0 atom stereocenters. The van der Waals surface area contributed by atoms with Crippen LogP contribution in [0.5, 0.6) is 0 Å². The van der Waals surface area contributed by atoms with Gasteiger partial charge in [0.2, 0.25) is 0 Å². The van der Waals surface area contributed by atoms with E-state index in [1.165, 1.54) is 6.07 Å². The average Bonchev–Trinajstić information content (AvgIpc) is 2.27. The summed E-state index contributed by atoms with van der Waals surface area (Å²) in [5, 5.41) is 13.3. The number of amides is 1. The maximum atomic E-state index is 11.8. The van der Waals surface area contributed by atoms with Crippen LogP contribution in [-0.4, -0.2) is 47.9 Å². The Balaban J connectivity index is 2.84. The summed E-state index contributed by atoms with van der Waals surface area (Å²) in [4.78, 5) is 27.4. The highest BCUT2D eigenvalue weighted by Gasteiger charge is 2.20. The quantitative estimate of drug-likeness (QED) is 0.557. The summed E-state index contributed by atoms with van der Waals surface area (Å²) in [6.45, 7) is 1.03. The topological polar surface area (TPSA) is 114 Å². The van der Waals surface area contributed by atoms with E-state index >= 15 is 0 Å². The molecule has 1 rings (SSSR count). The number of nitrogen functional groups attached to an aromatic ring is 1. The van der Waals surface area contributed by atoms with E-state index in [9.17, 15) is 14.9 Å². The lowest BCUT2D eigenvalue weighted by Crippen LogP contribution is -2.31. The van der Waals surface area contributed by atoms with Gasteiger partial charge in [-0.1, -0.05) is 0 Å². The number of carbonyl (C=O) groups is 1. The Labute approximate surface area is 104 Å². The van der Waals surface area contributed by atoms with E-state index in [-0.39, 0.29) is 17.1 Å². The van der Waals surface area contributed by atoms with E-state index < -0.39 is 10.8 Å². The van der Waals surface area contributed by atoms with Gasteiger partial charge in [-0.2, -0.15) is 0 Å². The van der Waals surface area contributed by atoms with Crippen molar-refractivity contribution in [2.24, 2.45) is 0 Å². The van der Waals surface area contributed by atoms with Gasteiger partial charge in [0.15, 0.2) is 0 Å². The number of anilines is 1. The van der Waals surface area contributed by atoms with Gasteiger partial charge in [-0.05, 0) is 20.2 Å². The van der Waals surface area contributed by atoms with Gasteiger partial charge in [-0.3, -0.25) is 14.9 Å². The monoisotopic (exact) mass is 253 g/mol. The Morgan fingerprint density at radius 3 is 2.83 bits per heavy atom. The van der Waals surface area contributed by atoms with Crippen LogP contribution in [-0.2, 0) is 0 Å². The number of pyridine rings is 1. The van der Waals surface area contributed by atoms with Crippen LogP contribution in [0.25, 0.3) is 0 Å². The molecule has 8 heteroatoms. The SMILES string of the molecule is CN(C)CCNC(=O)c1cc(N)ncc1[N+](=O)[O-]. The first kappa shape index (κ1) is 13.8. The van der Waals surface area contributed by atoms with Crippen molar-refractivity contribution < 1.29 is 9.72 Å². The molecule has 3 N–H and O–H groups in total. The number of nitrogens with one attached hydrogen (secondary N) is 1. The van der Waals surface area contributed by atoms with E-state index in [0.29, 0.717) is 13.1 Å². The van der Waals surface area contributed by atoms with E-state index in [1.54, 1.807) is 0 Å². The number of aromatic nitrogens is 1. The highest BCUT2D eigenvalue weighted by Crippen LogP contribution is 2.18. The smallest absolute Gasteiger partial charge is 0.300 e. The molecule has 0 aliphatic carbocycles. The summed E-state index contributed by atoms with van der Waals surface area (Å²) in [5.74, 6) is -0.462. The molecule has 0 radical (unpaired) electrons. The number of likely N-dealkylation sites (N-methyl/N-ethyl adjacent to an activating group) is 1. The number of rotatable bonds is 5. The predicted octanol–water partition coefficient (Wildman–Crippen LogP) is -0.137. The zero-order valence-corrected chi connectivity index (χ0v) is 10.2.